The fourth-order valence-corrected chi connectivity index (χ4v) is 7.75. The van der Waals surface area contributed by atoms with Gasteiger partial charge in [0.15, 0.2) is 17.3 Å². The van der Waals surface area contributed by atoms with Crippen LogP contribution in [0.3, 0.4) is 0 Å². The van der Waals surface area contributed by atoms with Crippen LogP contribution in [0, 0.1) is 23.7 Å². The highest BCUT2D eigenvalue weighted by molar-refractivity contribution is 6.28. The minimum absolute atomic E-state index is 0.00913. The van der Waals surface area contributed by atoms with E-state index in [2.05, 4.69) is 10.6 Å². The number of ketones is 2. The highest BCUT2D eigenvalue weighted by Gasteiger charge is 2.56. The van der Waals surface area contributed by atoms with Crippen LogP contribution < -0.4 is 21.1 Å². The number of aliphatic hydroxyl groups is 3. The van der Waals surface area contributed by atoms with E-state index in [1.54, 1.807) is 19.1 Å². The number of methoxy groups -OCH3 is 1. The summed E-state index contributed by atoms with van der Waals surface area (Å²) < 4.78 is 5.92. The number of nitrogens with two attached hydrogens (primary N) is 1. The zero-order valence-corrected chi connectivity index (χ0v) is 23.7. The number of nitrogens with one attached hydrogen (secondary N) is 2. The smallest absolute Gasteiger partial charge is 0.255 e. The number of ether oxygens (including phenoxy) is 1. The molecule has 1 amide bonds. The Morgan fingerprint density at radius 3 is 2.51 bits per heavy atom. The van der Waals surface area contributed by atoms with E-state index in [-0.39, 0.29) is 28.7 Å². The number of phenols is 1. The van der Waals surface area contributed by atoms with Gasteiger partial charge < -0.3 is 41.5 Å². The number of aromatic hydroxyl groups is 1. The first kappa shape index (κ1) is 28.9. The van der Waals surface area contributed by atoms with Gasteiger partial charge in [0.25, 0.3) is 5.91 Å². The first-order valence-electron chi connectivity index (χ1n) is 13.9. The van der Waals surface area contributed by atoms with Crippen molar-refractivity contribution in [2.75, 3.05) is 46.2 Å². The Hall–Kier alpha value is -3.61. The van der Waals surface area contributed by atoms with Crippen molar-refractivity contribution in [1.82, 2.24) is 10.2 Å². The van der Waals surface area contributed by atoms with E-state index in [1.807, 2.05) is 6.92 Å². The summed E-state index contributed by atoms with van der Waals surface area (Å²) in [4.78, 5) is 41.4. The molecule has 1 aromatic rings. The van der Waals surface area contributed by atoms with E-state index >= 15 is 0 Å². The number of phenolic OH excluding ortho intramolecular Hbond substituents is 1. The molecule has 2 fully saturated rings. The summed E-state index contributed by atoms with van der Waals surface area (Å²) in [5.41, 5.74) is 7.00. The molecule has 12 heteroatoms. The lowest BCUT2D eigenvalue weighted by Gasteiger charge is -2.47. The van der Waals surface area contributed by atoms with E-state index in [0.29, 0.717) is 48.8 Å². The summed E-state index contributed by atoms with van der Waals surface area (Å²) in [6.07, 6.45) is 1.59. The fourth-order valence-electron chi connectivity index (χ4n) is 7.75. The first-order valence-corrected chi connectivity index (χ1v) is 13.9. The second-order valence-electron chi connectivity index (χ2n) is 11.3. The number of hydrogen-bond donors (Lipinski definition) is 7. The highest BCUT2D eigenvalue weighted by atomic mass is 16.5. The van der Waals surface area contributed by atoms with Gasteiger partial charge in [0.1, 0.15) is 22.8 Å². The van der Waals surface area contributed by atoms with Crippen LogP contribution in [0.15, 0.2) is 16.9 Å². The number of aliphatic hydroxyl groups excluding tert-OH is 3. The second-order valence-corrected chi connectivity index (χ2v) is 11.3. The van der Waals surface area contributed by atoms with Gasteiger partial charge in [-0.2, -0.15) is 0 Å². The number of carbonyl (C=O) groups excluding carboxylic acids is 3. The van der Waals surface area contributed by atoms with E-state index in [9.17, 15) is 29.7 Å². The molecule has 222 valence electrons. The number of carbonyl (C=O) groups is 3. The third-order valence-corrected chi connectivity index (χ3v) is 9.54. The first-order chi connectivity index (χ1) is 19.6. The number of likely N-dealkylation sites (N-methyl/N-ethyl adjacent to an activating group) is 1. The van der Waals surface area contributed by atoms with Crippen LogP contribution in [-0.2, 0) is 20.8 Å². The van der Waals surface area contributed by atoms with Crippen LogP contribution in [0.25, 0.3) is 5.76 Å². The van der Waals surface area contributed by atoms with Crippen molar-refractivity contribution in [1.29, 1.82) is 0 Å². The molecule has 0 aromatic heterocycles. The molecule has 2 aliphatic heterocycles. The number of nitrogens with zero attached hydrogens (tertiary/aromatic N) is 1. The summed E-state index contributed by atoms with van der Waals surface area (Å²) in [6.45, 7) is 3.85. The van der Waals surface area contributed by atoms with E-state index in [4.69, 9.17) is 15.6 Å². The van der Waals surface area contributed by atoms with Crippen molar-refractivity contribution in [3.63, 3.8) is 0 Å². The monoisotopic (exact) mass is 570 g/mol. The molecule has 6 rings (SSSR count). The van der Waals surface area contributed by atoms with Crippen molar-refractivity contribution in [2.24, 2.45) is 29.4 Å². The van der Waals surface area contributed by atoms with Crippen LogP contribution in [-0.4, -0.2) is 89.7 Å². The Labute approximate surface area is 237 Å². The fraction of sp³-hybridized carbons (Fsp3) is 0.552. The second kappa shape index (κ2) is 10.7. The summed E-state index contributed by atoms with van der Waals surface area (Å²) in [5.74, 6) is -4.95. The average Bonchev–Trinajstić information content (AvgIpc) is 3.43. The molecule has 0 spiro atoms. The van der Waals surface area contributed by atoms with Crippen LogP contribution in [0.1, 0.15) is 42.5 Å². The van der Waals surface area contributed by atoms with Crippen LogP contribution >= 0.6 is 0 Å². The standard InChI is InChI=1S/C28H34N4O7.CH4O/c1-4-32(2)21-12-7-11-8-13-16(23(34)14(11)22(33)15(12)24(35)18(26(21)37)28(29)38)25(36)20-17(27(13)39-3)19-10(9-31-20)5-6-30-19;1-2/h10-12,15,19,21,30-31,34,36-37H,4-9H2,1-3H3,(H2,29,38);2H,1H3/t10?,11-,12-,15?,19?,21+;/m1./s1. The quantitative estimate of drug-likeness (QED) is 0.155. The number of hydrogen-bond acceptors (Lipinski definition) is 11. The van der Waals surface area contributed by atoms with E-state index in [1.165, 1.54) is 0 Å². The molecule has 6 atom stereocenters. The largest absolute Gasteiger partial charge is 0.510 e. The van der Waals surface area contributed by atoms with Crippen molar-refractivity contribution >= 4 is 28.9 Å². The predicted molar refractivity (Wildman–Crippen MR) is 149 cm³/mol. The number of benzene rings is 1. The minimum atomic E-state index is -1.28. The lowest BCUT2D eigenvalue weighted by Crippen LogP contribution is -2.56. The number of anilines is 1. The third kappa shape index (κ3) is 4.03. The van der Waals surface area contributed by atoms with Crippen LogP contribution in [0.4, 0.5) is 5.69 Å². The normalized spacial score (nSPS) is 29.9. The van der Waals surface area contributed by atoms with Gasteiger partial charge in [0.05, 0.1) is 30.3 Å². The molecule has 5 aliphatic rings. The van der Waals surface area contributed by atoms with Gasteiger partial charge in [-0.3, -0.25) is 19.3 Å². The summed E-state index contributed by atoms with van der Waals surface area (Å²) in [5, 5.41) is 47.8. The molecule has 0 bridgehead atoms. The molecule has 2 heterocycles. The molecular formula is C29H38N4O8. The predicted octanol–water partition coefficient (Wildman–Crippen LogP) is 0.932. The molecule has 1 saturated carbocycles. The summed E-state index contributed by atoms with van der Waals surface area (Å²) in [6, 6.07) is -0.772. The zero-order valence-electron chi connectivity index (χ0n) is 23.7. The topological polar surface area (TPSA) is 195 Å². The van der Waals surface area contributed by atoms with Crippen molar-refractivity contribution in [2.45, 2.75) is 38.3 Å². The number of Topliss-reactive ketones (excluding diaryl/α,β-unsaturated/α-hetero) is 2. The lowest BCUT2D eigenvalue weighted by atomic mass is 9.59. The summed E-state index contributed by atoms with van der Waals surface area (Å²) in [7, 11) is 4.31. The SMILES string of the molecule is CCN(C)[C@@H]1C(O)=C(C(N)=O)C(=O)C2C(=O)C3=C(O)c4c(O)c5c(c(OC)c4C[C@H]3C[C@H]21)C1NCCC1CN5.CO. The van der Waals surface area contributed by atoms with Crippen LogP contribution in [0.2, 0.25) is 0 Å². The summed E-state index contributed by atoms with van der Waals surface area (Å²) >= 11 is 0. The Morgan fingerprint density at radius 2 is 1.88 bits per heavy atom. The van der Waals surface area contributed by atoms with Crippen molar-refractivity contribution in [3.8, 4) is 11.5 Å². The van der Waals surface area contributed by atoms with Gasteiger partial charge >= 0.3 is 0 Å². The van der Waals surface area contributed by atoms with Crippen molar-refractivity contribution in [3.05, 3.63) is 33.6 Å². The molecule has 1 saturated heterocycles. The highest BCUT2D eigenvalue weighted by Crippen LogP contribution is 2.57. The average molecular weight is 571 g/mol. The molecule has 0 radical (unpaired) electrons. The Balaban J connectivity index is 0.00000165. The number of amides is 1. The molecule has 3 aliphatic carbocycles. The Morgan fingerprint density at radius 1 is 1.17 bits per heavy atom. The molecular weight excluding hydrogens is 532 g/mol. The maximum absolute atomic E-state index is 14.0. The van der Waals surface area contributed by atoms with Gasteiger partial charge in [-0.05, 0) is 57.2 Å². The number of rotatable bonds is 4. The number of fused-ring (bicyclic) bond motifs is 6. The van der Waals surface area contributed by atoms with Gasteiger partial charge in [-0.1, -0.05) is 6.92 Å². The van der Waals surface area contributed by atoms with Gasteiger partial charge in [0.2, 0.25) is 0 Å². The molecule has 3 unspecified atom stereocenters. The van der Waals surface area contributed by atoms with E-state index < -0.39 is 52.6 Å². The molecule has 41 heavy (non-hydrogen) atoms. The number of primary amides is 1. The number of allylic oxidation sites excluding steroid dienone is 1. The lowest BCUT2D eigenvalue weighted by molar-refractivity contribution is -0.137. The third-order valence-electron chi connectivity index (χ3n) is 9.54. The Bertz CT molecular complexity index is 1390. The van der Waals surface area contributed by atoms with Crippen LogP contribution in [0.5, 0.6) is 11.5 Å². The van der Waals surface area contributed by atoms with E-state index in [0.717, 1.165) is 25.6 Å². The molecule has 8 N–H and O–H groups in total. The van der Waals surface area contributed by atoms with Gasteiger partial charge in [0, 0.05) is 36.4 Å². The molecule has 1 aromatic carbocycles. The van der Waals surface area contributed by atoms with Crippen molar-refractivity contribution < 1.29 is 39.5 Å². The van der Waals surface area contributed by atoms with Gasteiger partial charge in [-0.25, -0.2) is 0 Å². The zero-order chi connectivity index (χ0) is 29.9. The van der Waals surface area contributed by atoms with Gasteiger partial charge in [-0.15, -0.1) is 0 Å². The molecule has 12 nitrogen and oxygen atoms in total. The Kier molecular flexibility index (Phi) is 7.51. The maximum Gasteiger partial charge on any atom is 0.255 e. The maximum atomic E-state index is 14.0. The minimum Gasteiger partial charge on any atom is -0.510 e.